The van der Waals surface area contributed by atoms with E-state index in [0.29, 0.717) is 0 Å². The van der Waals surface area contributed by atoms with E-state index in [1.807, 2.05) is 13.0 Å². The minimum Gasteiger partial charge on any atom is -0.381 e. The molecule has 1 rings (SSSR count). The van der Waals surface area contributed by atoms with Gasteiger partial charge >= 0.3 is 0 Å². The van der Waals surface area contributed by atoms with Crippen molar-refractivity contribution in [2.24, 2.45) is 0 Å². The van der Waals surface area contributed by atoms with E-state index in [-0.39, 0.29) is 5.41 Å². The second kappa shape index (κ2) is 4.43. The Labute approximate surface area is 80.7 Å². The van der Waals surface area contributed by atoms with Crippen LogP contribution in [0.15, 0.2) is 30.3 Å². The van der Waals surface area contributed by atoms with Crippen LogP contribution in [0.3, 0.4) is 0 Å². The summed E-state index contributed by atoms with van der Waals surface area (Å²) in [6.45, 7) is 8.01. The van der Waals surface area contributed by atoms with Gasteiger partial charge < -0.3 is 4.74 Å². The van der Waals surface area contributed by atoms with Crippen LogP contribution >= 0.6 is 0 Å². The Morgan fingerprint density at radius 1 is 1.15 bits per heavy atom. The summed E-state index contributed by atoms with van der Waals surface area (Å²) in [6.07, 6.45) is 0. The van der Waals surface area contributed by atoms with Gasteiger partial charge in [0, 0.05) is 12.0 Å². The highest BCUT2D eigenvalue weighted by molar-refractivity contribution is 5.23. The van der Waals surface area contributed by atoms with Gasteiger partial charge in [0.25, 0.3) is 0 Å². The molecule has 0 amide bonds. The lowest BCUT2D eigenvalue weighted by atomic mass is 9.86. The second-order valence-electron chi connectivity index (χ2n) is 3.89. The number of hydrogen-bond donors (Lipinski definition) is 0. The third-order valence-electron chi connectivity index (χ3n) is 2.22. The van der Waals surface area contributed by atoms with Gasteiger partial charge in [-0.25, -0.2) is 0 Å². The molecule has 1 heteroatoms. The first-order valence-corrected chi connectivity index (χ1v) is 4.80. The van der Waals surface area contributed by atoms with Crippen molar-refractivity contribution in [3.05, 3.63) is 35.9 Å². The molecule has 1 aromatic carbocycles. The number of benzene rings is 1. The summed E-state index contributed by atoms with van der Waals surface area (Å²) in [6, 6.07) is 10.5. The monoisotopic (exact) mass is 178 g/mol. The van der Waals surface area contributed by atoms with Crippen molar-refractivity contribution in [2.45, 2.75) is 26.2 Å². The minimum atomic E-state index is 0.122. The summed E-state index contributed by atoms with van der Waals surface area (Å²) < 4.78 is 5.45. The second-order valence-corrected chi connectivity index (χ2v) is 3.89. The van der Waals surface area contributed by atoms with E-state index in [2.05, 4.69) is 38.1 Å². The fourth-order valence-corrected chi connectivity index (χ4v) is 1.33. The molecule has 0 aliphatic heterocycles. The average Bonchev–Trinajstić information content (AvgIpc) is 2.16. The molecule has 0 fully saturated rings. The summed E-state index contributed by atoms with van der Waals surface area (Å²) in [7, 11) is 0. The first-order chi connectivity index (χ1) is 6.17. The lowest BCUT2D eigenvalue weighted by Crippen LogP contribution is -2.24. The van der Waals surface area contributed by atoms with Gasteiger partial charge in [0.1, 0.15) is 0 Å². The molecule has 0 heterocycles. The highest BCUT2D eigenvalue weighted by Crippen LogP contribution is 2.22. The van der Waals surface area contributed by atoms with Crippen molar-refractivity contribution >= 4 is 0 Å². The zero-order valence-corrected chi connectivity index (χ0v) is 8.71. The van der Waals surface area contributed by atoms with Crippen molar-refractivity contribution in [3.63, 3.8) is 0 Å². The van der Waals surface area contributed by atoms with Gasteiger partial charge in [0.15, 0.2) is 0 Å². The molecule has 1 nitrogen and oxygen atoms in total. The zero-order valence-electron chi connectivity index (χ0n) is 8.71. The molecule has 0 saturated heterocycles. The van der Waals surface area contributed by atoms with Gasteiger partial charge in [-0.05, 0) is 12.5 Å². The quantitative estimate of drug-likeness (QED) is 0.688. The standard InChI is InChI=1S/C12H18O/c1-4-13-10-12(2,3)11-8-6-5-7-9-11/h5-9H,4,10H2,1-3H3. The van der Waals surface area contributed by atoms with Crippen molar-refractivity contribution in [1.29, 1.82) is 0 Å². The predicted molar refractivity (Wildman–Crippen MR) is 56.0 cm³/mol. The third kappa shape index (κ3) is 2.85. The first-order valence-electron chi connectivity index (χ1n) is 4.80. The van der Waals surface area contributed by atoms with Crippen LogP contribution in [0.4, 0.5) is 0 Å². The van der Waals surface area contributed by atoms with E-state index >= 15 is 0 Å². The Hall–Kier alpha value is -0.820. The van der Waals surface area contributed by atoms with Crippen LogP contribution in [0.5, 0.6) is 0 Å². The molecule has 0 unspecified atom stereocenters. The van der Waals surface area contributed by atoms with Crippen LogP contribution in [0, 0.1) is 0 Å². The molecular formula is C12H18O. The van der Waals surface area contributed by atoms with E-state index in [1.54, 1.807) is 0 Å². The minimum absolute atomic E-state index is 0.122. The molecule has 0 spiro atoms. The molecule has 1 aromatic rings. The topological polar surface area (TPSA) is 9.23 Å². The van der Waals surface area contributed by atoms with Crippen LogP contribution in [-0.4, -0.2) is 13.2 Å². The predicted octanol–water partition coefficient (Wildman–Crippen LogP) is 3.00. The van der Waals surface area contributed by atoms with Crippen LogP contribution in [0.25, 0.3) is 0 Å². The van der Waals surface area contributed by atoms with E-state index in [1.165, 1.54) is 5.56 Å². The van der Waals surface area contributed by atoms with Gasteiger partial charge in [-0.2, -0.15) is 0 Å². The van der Waals surface area contributed by atoms with Gasteiger partial charge in [-0.1, -0.05) is 44.2 Å². The number of rotatable bonds is 4. The summed E-state index contributed by atoms with van der Waals surface area (Å²) in [5, 5.41) is 0. The normalized spacial score (nSPS) is 11.6. The SMILES string of the molecule is CCOCC(C)(C)c1ccccc1. The third-order valence-corrected chi connectivity index (χ3v) is 2.22. The van der Waals surface area contributed by atoms with E-state index in [9.17, 15) is 0 Å². The van der Waals surface area contributed by atoms with Gasteiger partial charge in [0.05, 0.1) is 6.61 Å². The van der Waals surface area contributed by atoms with Crippen molar-refractivity contribution in [1.82, 2.24) is 0 Å². The molecule has 0 N–H and O–H groups in total. The Bertz CT molecular complexity index is 239. The lowest BCUT2D eigenvalue weighted by Gasteiger charge is -2.24. The Morgan fingerprint density at radius 2 is 1.77 bits per heavy atom. The molecule has 13 heavy (non-hydrogen) atoms. The molecular weight excluding hydrogens is 160 g/mol. The van der Waals surface area contributed by atoms with Gasteiger partial charge in [-0.15, -0.1) is 0 Å². The highest BCUT2D eigenvalue weighted by atomic mass is 16.5. The summed E-state index contributed by atoms with van der Waals surface area (Å²) in [5.74, 6) is 0. The average molecular weight is 178 g/mol. The van der Waals surface area contributed by atoms with Crippen LogP contribution in [0.1, 0.15) is 26.3 Å². The fraction of sp³-hybridized carbons (Fsp3) is 0.500. The molecule has 0 aliphatic carbocycles. The Balaban J connectivity index is 2.69. The molecule has 0 aromatic heterocycles. The van der Waals surface area contributed by atoms with E-state index < -0.39 is 0 Å². The molecule has 0 atom stereocenters. The molecule has 72 valence electrons. The summed E-state index contributed by atoms with van der Waals surface area (Å²) in [5.41, 5.74) is 1.46. The summed E-state index contributed by atoms with van der Waals surface area (Å²) >= 11 is 0. The maximum absolute atomic E-state index is 5.45. The highest BCUT2D eigenvalue weighted by Gasteiger charge is 2.19. The first kappa shape index (κ1) is 10.3. The Morgan fingerprint density at radius 3 is 2.31 bits per heavy atom. The number of ether oxygens (including phenoxy) is 1. The van der Waals surface area contributed by atoms with Crippen molar-refractivity contribution < 1.29 is 4.74 Å². The summed E-state index contributed by atoms with van der Waals surface area (Å²) in [4.78, 5) is 0. The Kier molecular flexibility index (Phi) is 3.49. The molecule has 0 radical (unpaired) electrons. The van der Waals surface area contributed by atoms with Crippen molar-refractivity contribution in [3.8, 4) is 0 Å². The lowest BCUT2D eigenvalue weighted by molar-refractivity contribution is 0.105. The van der Waals surface area contributed by atoms with Crippen molar-refractivity contribution in [2.75, 3.05) is 13.2 Å². The maximum atomic E-state index is 5.45. The van der Waals surface area contributed by atoms with Crippen LogP contribution in [0.2, 0.25) is 0 Å². The maximum Gasteiger partial charge on any atom is 0.0557 e. The van der Waals surface area contributed by atoms with Gasteiger partial charge in [-0.3, -0.25) is 0 Å². The number of hydrogen-bond acceptors (Lipinski definition) is 1. The van der Waals surface area contributed by atoms with E-state index in [0.717, 1.165) is 13.2 Å². The van der Waals surface area contributed by atoms with Crippen LogP contribution in [-0.2, 0) is 10.2 Å². The largest absolute Gasteiger partial charge is 0.381 e. The smallest absolute Gasteiger partial charge is 0.0557 e. The fourth-order valence-electron chi connectivity index (χ4n) is 1.33. The van der Waals surface area contributed by atoms with Gasteiger partial charge in [0.2, 0.25) is 0 Å². The molecule has 0 saturated carbocycles. The zero-order chi connectivity index (χ0) is 9.73. The molecule has 0 aliphatic rings. The van der Waals surface area contributed by atoms with Crippen LogP contribution < -0.4 is 0 Å². The molecule has 0 bridgehead atoms. The van der Waals surface area contributed by atoms with E-state index in [4.69, 9.17) is 4.74 Å².